The van der Waals surface area contributed by atoms with Gasteiger partial charge in [0.2, 0.25) is 0 Å². The van der Waals surface area contributed by atoms with Crippen molar-refractivity contribution in [3.05, 3.63) is 18.0 Å². The Balaban J connectivity index is 2.23. The topological polar surface area (TPSA) is 61.8 Å². The highest BCUT2D eigenvalue weighted by molar-refractivity contribution is 5.20. The Labute approximate surface area is 82.8 Å². The summed E-state index contributed by atoms with van der Waals surface area (Å²) in [6.07, 6.45) is 5.32. The molecule has 0 aliphatic heterocycles. The monoisotopic (exact) mass is 191 g/mol. The van der Waals surface area contributed by atoms with Crippen molar-refractivity contribution in [1.29, 1.82) is 5.26 Å². The lowest BCUT2D eigenvalue weighted by Crippen LogP contribution is -2.34. The van der Waals surface area contributed by atoms with Gasteiger partial charge in [0.05, 0.1) is 17.7 Å². The molecular weight excluding hydrogens is 178 g/mol. The second-order valence-electron chi connectivity index (χ2n) is 3.97. The second-order valence-corrected chi connectivity index (χ2v) is 3.97. The number of hydrogen-bond donors (Lipinski definition) is 1. The molecule has 1 fully saturated rings. The van der Waals surface area contributed by atoms with E-state index in [0.29, 0.717) is 0 Å². The Bertz CT molecular complexity index is 373. The van der Waals surface area contributed by atoms with E-state index in [4.69, 9.17) is 5.26 Å². The summed E-state index contributed by atoms with van der Waals surface area (Å²) in [5, 5.41) is 23.1. The van der Waals surface area contributed by atoms with Crippen LogP contribution in [-0.2, 0) is 7.05 Å². The number of nitrogens with zero attached hydrogens (tertiary/aromatic N) is 3. The molecule has 1 N–H and O–H groups in total. The molecule has 4 heteroatoms. The normalized spacial score (nSPS) is 20.9. The summed E-state index contributed by atoms with van der Waals surface area (Å²) < 4.78 is 1.64. The summed E-state index contributed by atoms with van der Waals surface area (Å²) in [7, 11) is 1.80. The number of nitriles is 1. The molecule has 74 valence electrons. The van der Waals surface area contributed by atoms with E-state index in [9.17, 15) is 5.11 Å². The van der Waals surface area contributed by atoms with Crippen LogP contribution in [0, 0.1) is 16.7 Å². The minimum absolute atomic E-state index is 0.553. The molecule has 1 atom stereocenters. The predicted octanol–water partition coefficient (Wildman–Crippen LogP) is 1.15. The van der Waals surface area contributed by atoms with Gasteiger partial charge in [-0.15, -0.1) is 0 Å². The lowest BCUT2D eigenvalue weighted by molar-refractivity contribution is 0.00791. The largest absolute Gasteiger partial charge is 0.387 e. The molecule has 1 aromatic heterocycles. The van der Waals surface area contributed by atoms with Crippen LogP contribution in [0.3, 0.4) is 0 Å². The van der Waals surface area contributed by atoms with Crippen molar-refractivity contribution in [2.75, 3.05) is 0 Å². The predicted molar refractivity (Wildman–Crippen MR) is 50.1 cm³/mol. The maximum atomic E-state index is 10.0. The molecule has 14 heavy (non-hydrogen) atoms. The molecule has 1 aliphatic rings. The molecule has 1 unspecified atom stereocenters. The van der Waals surface area contributed by atoms with Crippen molar-refractivity contribution in [2.24, 2.45) is 12.5 Å². The van der Waals surface area contributed by atoms with Crippen molar-refractivity contribution >= 4 is 0 Å². The van der Waals surface area contributed by atoms with Crippen molar-refractivity contribution in [3.8, 4) is 6.07 Å². The lowest BCUT2D eigenvalue weighted by Gasteiger charge is -2.38. The summed E-state index contributed by atoms with van der Waals surface area (Å²) in [6, 6.07) is 2.24. The van der Waals surface area contributed by atoms with E-state index in [0.717, 1.165) is 24.8 Å². The molecular formula is C10H13N3O. The van der Waals surface area contributed by atoms with Crippen LogP contribution in [0.1, 0.15) is 30.9 Å². The van der Waals surface area contributed by atoms with Crippen LogP contribution >= 0.6 is 0 Å². The first-order valence-electron chi connectivity index (χ1n) is 4.76. The Hall–Kier alpha value is -1.34. The Morgan fingerprint density at radius 2 is 2.43 bits per heavy atom. The Kier molecular flexibility index (Phi) is 2.05. The third kappa shape index (κ3) is 1.21. The summed E-state index contributed by atoms with van der Waals surface area (Å²) in [5.41, 5.74) is 0.192. The van der Waals surface area contributed by atoms with E-state index in [1.165, 1.54) is 0 Å². The van der Waals surface area contributed by atoms with E-state index in [-0.39, 0.29) is 0 Å². The van der Waals surface area contributed by atoms with Crippen LogP contribution in [-0.4, -0.2) is 14.9 Å². The van der Waals surface area contributed by atoms with E-state index < -0.39 is 11.5 Å². The number of aryl methyl sites for hydroxylation is 1. The standard InChI is InChI=1S/C10H13N3O/c1-13-6-8(5-12-13)9(14)10(7-11)3-2-4-10/h5-6,9,14H,2-4H2,1H3. The first-order chi connectivity index (χ1) is 6.68. The van der Waals surface area contributed by atoms with Gasteiger partial charge < -0.3 is 5.11 Å². The van der Waals surface area contributed by atoms with Crippen LogP contribution in [0.25, 0.3) is 0 Å². The zero-order chi connectivity index (χ0) is 10.2. The first-order valence-corrected chi connectivity index (χ1v) is 4.76. The third-order valence-corrected chi connectivity index (χ3v) is 3.03. The van der Waals surface area contributed by atoms with Gasteiger partial charge in [-0.25, -0.2) is 0 Å². The number of aliphatic hydroxyl groups is 1. The zero-order valence-electron chi connectivity index (χ0n) is 8.14. The summed E-state index contributed by atoms with van der Waals surface area (Å²) in [4.78, 5) is 0. The minimum Gasteiger partial charge on any atom is -0.387 e. The van der Waals surface area contributed by atoms with Gasteiger partial charge in [-0.1, -0.05) is 6.42 Å². The molecule has 2 rings (SSSR count). The SMILES string of the molecule is Cn1cc(C(O)C2(C#N)CCC2)cn1. The van der Waals surface area contributed by atoms with Gasteiger partial charge in [0.25, 0.3) is 0 Å². The van der Waals surface area contributed by atoms with Gasteiger partial charge in [0, 0.05) is 18.8 Å². The highest BCUT2D eigenvalue weighted by atomic mass is 16.3. The fourth-order valence-corrected chi connectivity index (χ4v) is 1.90. The highest BCUT2D eigenvalue weighted by Gasteiger charge is 2.45. The van der Waals surface area contributed by atoms with Gasteiger partial charge in [-0.3, -0.25) is 4.68 Å². The van der Waals surface area contributed by atoms with Gasteiger partial charge >= 0.3 is 0 Å². The second kappa shape index (κ2) is 3.10. The zero-order valence-corrected chi connectivity index (χ0v) is 8.14. The summed E-state index contributed by atoms with van der Waals surface area (Å²) in [5.74, 6) is 0. The van der Waals surface area contributed by atoms with Crippen molar-refractivity contribution in [2.45, 2.75) is 25.4 Å². The molecule has 0 amide bonds. The molecule has 4 nitrogen and oxygen atoms in total. The van der Waals surface area contributed by atoms with Crippen LogP contribution < -0.4 is 0 Å². The molecule has 1 aromatic rings. The maximum Gasteiger partial charge on any atom is 0.101 e. The number of rotatable bonds is 2. The highest BCUT2D eigenvalue weighted by Crippen LogP contribution is 2.49. The quantitative estimate of drug-likeness (QED) is 0.762. The Morgan fingerprint density at radius 1 is 1.71 bits per heavy atom. The van der Waals surface area contributed by atoms with Crippen LogP contribution in [0.2, 0.25) is 0 Å². The van der Waals surface area contributed by atoms with E-state index in [1.807, 2.05) is 0 Å². The third-order valence-electron chi connectivity index (χ3n) is 3.03. The summed E-state index contributed by atoms with van der Waals surface area (Å²) in [6.45, 7) is 0. The lowest BCUT2D eigenvalue weighted by atomic mass is 9.65. The average molecular weight is 191 g/mol. The van der Waals surface area contributed by atoms with Gasteiger partial charge in [-0.05, 0) is 12.8 Å². The van der Waals surface area contributed by atoms with Crippen LogP contribution in [0.4, 0.5) is 0 Å². The molecule has 0 bridgehead atoms. The maximum absolute atomic E-state index is 10.0. The number of aliphatic hydroxyl groups excluding tert-OH is 1. The van der Waals surface area contributed by atoms with Gasteiger partial charge in [0.1, 0.15) is 6.10 Å². The van der Waals surface area contributed by atoms with E-state index in [1.54, 1.807) is 24.1 Å². The van der Waals surface area contributed by atoms with Crippen LogP contribution in [0.5, 0.6) is 0 Å². The number of aromatic nitrogens is 2. The molecule has 0 saturated heterocycles. The van der Waals surface area contributed by atoms with Crippen molar-refractivity contribution in [3.63, 3.8) is 0 Å². The van der Waals surface area contributed by atoms with Crippen molar-refractivity contribution in [1.82, 2.24) is 9.78 Å². The van der Waals surface area contributed by atoms with Crippen molar-refractivity contribution < 1.29 is 5.11 Å². The summed E-state index contributed by atoms with van der Waals surface area (Å²) >= 11 is 0. The fraction of sp³-hybridized carbons (Fsp3) is 0.600. The first kappa shape index (κ1) is 9.22. The van der Waals surface area contributed by atoms with Gasteiger partial charge in [0.15, 0.2) is 0 Å². The molecule has 0 aromatic carbocycles. The van der Waals surface area contributed by atoms with Gasteiger partial charge in [-0.2, -0.15) is 10.4 Å². The number of hydrogen-bond acceptors (Lipinski definition) is 3. The molecule has 1 heterocycles. The fourth-order valence-electron chi connectivity index (χ4n) is 1.90. The Morgan fingerprint density at radius 3 is 2.79 bits per heavy atom. The smallest absolute Gasteiger partial charge is 0.101 e. The van der Waals surface area contributed by atoms with Crippen LogP contribution in [0.15, 0.2) is 12.4 Å². The molecule has 0 radical (unpaired) electrons. The van der Waals surface area contributed by atoms with E-state index >= 15 is 0 Å². The average Bonchev–Trinajstić information content (AvgIpc) is 2.50. The molecule has 0 spiro atoms. The molecule has 1 aliphatic carbocycles. The molecule has 1 saturated carbocycles. The minimum atomic E-state index is -0.685. The van der Waals surface area contributed by atoms with E-state index in [2.05, 4.69) is 11.2 Å².